The Kier molecular flexibility index (Phi) is 4.43. The minimum Gasteiger partial charge on any atom is -0.314 e. The van der Waals surface area contributed by atoms with E-state index >= 15 is 0 Å². The molecule has 6 heteroatoms. The first-order chi connectivity index (χ1) is 9.79. The highest BCUT2D eigenvalue weighted by molar-refractivity contribution is 7.98. The van der Waals surface area contributed by atoms with Crippen LogP contribution in [0.25, 0.3) is 0 Å². The lowest BCUT2D eigenvalue weighted by Crippen LogP contribution is -2.45. The SMILES string of the molecule is CCCC(c1nc2c(c(=O)[nH]1)CSC2)N1CCNCC1. The normalized spacial score (nSPS) is 20.9. The van der Waals surface area contributed by atoms with Gasteiger partial charge in [-0.3, -0.25) is 9.69 Å². The Labute approximate surface area is 123 Å². The van der Waals surface area contributed by atoms with Crippen molar-refractivity contribution in [3.8, 4) is 0 Å². The standard InChI is InChI=1S/C14H22N4OS/c1-2-3-12(18-6-4-15-5-7-18)13-16-11-9-20-8-10(11)14(19)17-13/h12,15H,2-9H2,1H3,(H,16,17,19). The summed E-state index contributed by atoms with van der Waals surface area (Å²) in [6, 6.07) is 0.255. The number of aromatic amines is 1. The van der Waals surface area contributed by atoms with Crippen LogP contribution < -0.4 is 10.9 Å². The summed E-state index contributed by atoms with van der Waals surface area (Å²) < 4.78 is 0. The zero-order chi connectivity index (χ0) is 13.9. The van der Waals surface area contributed by atoms with Gasteiger partial charge in [0.15, 0.2) is 0 Å². The molecule has 0 radical (unpaired) electrons. The van der Waals surface area contributed by atoms with E-state index in [0.717, 1.165) is 67.6 Å². The van der Waals surface area contributed by atoms with Gasteiger partial charge in [-0.25, -0.2) is 4.98 Å². The van der Waals surface area contributed by atoms with Crippen LogP contribution >= 0.6 is 11.8 Å². The smallest absolute Gasteiger partial charge is 0.255 e. The second-order valence-corrected chi connectivity index (χ2v) is 6.45. The van der Waals surface area contributed by atoms with Crippen LogP contribution in [0.15, 0.2) is 4.79 Å². The third kappa shape index (κ3) is 2.77. The van der Waals surface area contributed by atoms with E-state index in [-0.39, 0.29) is 11.6 Å². The van der Waals surface area contributed by atoms with Crippen molar-refractivity contribution in [2.24, 2.45) is 0 Å². The molecule has 1 fully saturated rings. The molecule has 1 unspecified atom stereocenters. The molecule has 1 aromatic heterocycles. The van der Waals surface area contributed by atoms with E-state index < -0.39 is 0 Å². The van der Waals surface area contributed by atoms with Crippen LogP contribution in [0.5, 0.6) is 0 Å². The maximum Gasteiger partial charge on any atom is 0.255 e. The van der Waals surface area contributed by atoms with Crippen molar-refractivity contribution in [2.45, 2.75) is 37.3 Å². The summed E-state index contributed by atoms with van der Waals surface area (Å²) in [6.45, 7) is 6.29. The summed E-state index contributed by atoms with van der Waals surface area (Å²) in [5, 5.41) is 3.38. The lowest BCUT2D eigenvalue weighted by molar-refractivity contribution is 0.157. The fourth-order valence-corrected chi connectivity index (χ4v) is 4.03. The molecule has 5 nitrogen and oxygen atoms in total. The average Bonchev–Trinajstić information content (AvgIpc) is 2.94. The molecule has 3 rings (SSSR count). The Hall–Kier alpha value is -0.850. The lowest BCUT2D eigenvalue weighted by Gasteiger charge is -2.34. The van der Waals surface area contributed by atoms with E-state index in [1.165, 1.54) is 0 Å². The van der Waals surface area contributed by atoms with Crippen molar-refractivity contribution in [3.63, 3.8) is 0 Å². The van der Waals surface area contributed by atoms with Gasteiger partial charge in [-0.1, -0.05) is 13.3 Å². The van der Waals surface area contributed by atoms with Crippen molar-refractivity contribution in [1.29, 1.82) is 0 Å². The zero-order valence-corrected chi connectivity index (χ0v) is 12.8. The molecule has 0 spiro atoms. The van der Waals surface area contributed by atoms with Gasteiger partial charge >= 0.3 is 0 Å². The molecule has 20 heavy (non-hydrogen) atoms. The molecule has 0 bridgehead atoms. The molecule has 2 aliphatic heterocycles. The molecule has 1 atom stereocenters. The first-order valence-electron chi connectivity index (χ1n) is 7.44. The van der Waals surface area contributed by atoms with Crippen LogP contribution in [0.4, 0.5) is 0 Å². The number of hydrogen-bond acceptors (Lipinski definition) is 5. The first kappa shape index (κ1) is 14.1. The van der Waals surface area contributed by atoms with Crippen molar-refractivity contribution in [3.05, 3.63) is 27.4 Å². The highest BCUT2D eigenvalue weighted by Gasteiger charge is 2.26. The topological polar surface area (TPSA) is 61.0 Å². The van der Waals surface area contributed by atoms with Crippen LogP contribution in [0.3, 0.4) is 0 Å². The molecule has 0 amide bonds. The predicted octanol–water partition coefficient (Wildman–Crippen LogP) is 1.26. The molecule has 3 heterocycles. The molecule has 1 aromatic rings. The zero-order valence-electron chi connectivity index (χ0n) is 11.9. The summed E-state index contributed by atoms with van der Waals surface area (Å²) in [7, 11) is 0. The molecule has 1 saturated heterocycles. The minimum absolute atomic E-state index is 0.0752. The number of fused-ring (bicyclic) bond motifs is 1. The van der Waals surface area contributed by atoms with Gasteiger partial charge in [0.25, 0.3) is 5.56 Å². The van der Waals surface area contributed by atoms with E-state index in [1.54, 1.807) is 11.8 Å². The van der Waals surface area contributed by atoms with Gasteiger partial charge in [0, 0.05) is 43.2 Å². The average molecular weight is 294 g/mol. The van der Waals surface area contributed by atoms with Crippen molar-refractivity contribution < 1.29 is 0 Å². The van der Waals surface area contributed by atoms with Crippen LogP contribution in [0.2, 0.25) is 0 Å². The molecular formula is C14H22N4OS. The Morgan fingerprint density at radius 1 is 1.35 bits per heavy atom. The lowest BCUT2D eigenvalue weighted by atomic mass is 10.1. The number of nitrogens with one attached hydrogen (secondary N) is 2. The third-order valence-electron chi connectivity index (χ3n) is 4.07. The van der Waals surface area contributed by atoms with E-state index in [9.17, 15) is 4.79 Å². The van der Waals surface area contributed by atoms with E-state index in [1.807, 2.05) is 0 Å². The second-order valence-electron chi connectivity index (χ2n) is 5.46. The molecular weight excluding hydrogens is 272 g/mol. The van der Waals surface area contributed by atoms with E-state index in [0.29, 0.717) is 0 Å². The van der Waals surface area contributed by atoms with Crippen LogP contribution in [0.1, 0.15) is 42.9 Å². The van der Waals surface area contributed by atoms with Crippen LogP contribution in [-0.4, -0.2) is 41.0 Å². The van der Waals surface area contributed by atoms with E-state index in [4.69, 9.17) is 4.98 Å². The van der Waals surface area contributed by atoms with Gasteiger partial charge in [0.2, 0.25) is 0 Å². The summed E-state index contributed by atoms with van der Waals surface area (Å²) in [5.74, 6) is 2.57. The Morgan fingerprint density at radius 3 is 2.90 bits per heavy atom. The van der Waals surface area contributed by atoms with Gasteiger partial charge in [0.1, 0.15) is 5.82 Å². The Morgan fingerprint density at radius 2 is 2.15 bits per heavy atom. The maximum absolute atomic E-state index is 12.2. The number of H-pyrrole nitrogens is 1. The van der Waals surface area contributed by atoms with Gasteiger partial charge in [-0.2, -0.15) is 11.8 Å². The highest BCUT2D eigenvalue weighted by atomic mass is 32.2. The predicted molar refractivity (Wildman–Crippen MR) is 81.9 cm³/mol. The quantitative estimate of drug-likeness (QED) is 0.875. The summed E-state index contributed by atoms with van der Waals surface area (Å²) >= 11 is 1.78. The third-order valence-corrected chi connectivity index (χ3v) is 5.05. The number of nitrogens with zero attached hydrogens (tertiary/aromatic N) is 2. The Balaban J connectivity index is 1.90. The molecule has 2 aliphatic rings. The minimum atomic E-state index is 0.0752. The second kappa shape index (κ2) is 6.28. The largest absolute Gasteiger partial charge is 0.314 e. The number of aromatic nitrogens is 2. The number of piperazine rings is 1. The molecule has 0 aromatic carbocycles. The molecule has 2 N–H and O–H groups in total. The summed E-state index contributed by atoms with van der Waals surface area (Å²) in [4.78, 5) is 22.5. The van der Waals surface area contributed by atoms with Crippen molar-refractivity contribution in [2.75, 3.05) is 26.2 Å². The molecule has 0 aliphatic carbocycles. The number of hydrogen-bond donors (Lipinski definition) is 2. The van der Waals surface area contributed by atoms with Gasteiger partial charge in [0.05, 0.1) is 11.7 Å². The highest BCUT2D eigenvalue weighted by Crippen LogP contribution is 2.28. The van der Waals surface area contributed by atoms with E-state index in [2.05, 4.69) is 22.1 Å². The maximum atomic E-state index is 12.2. The van der Waals surface area contributed by atoms with Crippen molar-refractivity contribution in [1.82, 2.24) is 20.2 Å². The molecule has 110 valence electrons. The fourth-order valence-electron chi connectivity index (χ4n) is 3.00. The van der Waals surface area contributed by atoms with Gasteiger partial charge < -0.3 is 10.3 Å². The Bertz CT molecular complexity index is 524. The number of thioether (sulfide) groups is 1. The van der Waals surface area contributed by atoms with Crippen LogP contribution in [0, 0.1) is 0 Å². The molecule has 0 saturated carbocycles. The first-order valence-corrected chi connectivity index (χ1v) is 8.59. The summed E-state index contributed by atoms with van der Waals surface area (Å²) in [5.41, 5.74) is 1.96. The van der Waals surface area contributed by atoms with Crippen molar-refractivity contribution >= 4 is 11.8 Å². The van der Waals surface area contributed by atoms with Crippen LogP contribution in [-0.2, 0) is 11.5 Å². The monoisotopic (exact) mass is 294 g/mol. The van der Waals surface area contributed by atoms with Gasteiger partial charge in [-0.15, -0.1) is 0 Å². The summed E-state index contributed by atoms with van der Waals surface area (Å²) in [6.07, 6.45) is 2.15. The fraction of sp³-hybridized carbons (Fsp3) is 0.714. The van der Waals surface area contributed by atoms with Gasteiger partial charge in [-0.05, 0) is 6.42 Å². The number of rotatable bonds is 4.